The van der Waals surface area contributed by atoms with Crippen LogP contribution in [0.5, 0.6) is 0 Å². The lowest BCUT2D eigenvalue weighted by Crippen LogP contribution is -2.47. The number of hydrogen-bond donors (Lipinski definition) is 2. The minimum Gasteiger partial charge on any atom is -0.387 e. The van der Waals surface area contributed by atoms with Crippen LogP contribution in [0.4, 0.5) is 0 Å². The second kappa shape index (κ2) is 6.93. The SMILES string of the molecule is CCCc1nnsc1C(=O)NCC(C)(O)CN(C)C. The minimum absolute atomic E-state index is 0.202. The van der Waals surface area contributed by atoms with Crippen LogP contribution >= 0.6 is 11.5 Å². The Morgan fingerprint density at radius 2 is 2.21 bits per heavy atom. The van der Waals surface area contributed by atoms with Gasteiger partial charge in [0.25, 0.3) is 5.91 Å². The van der Waals surface area contributed by atoms with Crippen molar-refractivity contribution in [2.75, 3.05) is 27.2 Å². The van der Waals surface area contributed by atoms with Crippen molar-refractivity contribution in [2.24, 2.45) is 0 Å². The first-order valence-corrected chi connectivity index (χ1v) is 7.09. The van der Waals surface area contributed by atoms with Crippen LogP contribution in [0.2, 0.25) is 0 Å². The zero-order valence-electron chi connectivity index (χ0n) is 11.9. The number of carbonyl (C=O) groups is 1. The molecule has 0 saturated heterocycles. The van der Waals surface area contributed by atoms with E-state index in [0.29, 0.717) is 11.4 Å². The van der Waals surface area contributed by atoms with Crippen LogP contribution in [0.25, 0.3) is 0 Å². The van der Waals surface area contributed by atoms with Crippen LogP contribution in [-0.2, 0) is 6.42 Å². The highest BCUT2D eigenvalue weighted by atomic mass is 32.1. The Labute approximate surface area is 118 Å². The quantitative estimate of drug-likeness (QED) is 0.764. The van der Waals surface area contributed by atoms with Gasteiger partial charge in [0.05, 0.1) is 11.3 Å². The fourth-order valence-corrected chi connectivity index (χ4v) is 2.49. The molecule has 6 nitrogen and oxygen atoms in total. The summed E-state index contributed by atoms with van der Waals surface area (Å²) in [7, 11) is 3.76. The fourth-order valence-electron chi connectivity index (χ4n) is 1.87. The molecule has 1 unspecified atom stereocenters. The molecule has 0 fully saturated rings. The lowest BCUT2D eigenvalue weighted by atomic mass is 10.1. The Hall–Kier alpha value is -1.05. The van der Waals surface area contributed by atoms with Crippen LogP contribution in [-0.4, -0.2) is 58.3 Å². The third-order valence-corrected chi connectivity index (χ3v) is 3.30. The van der Waals surface area contributed by atoms with Crippen molar-refractivity contribution in [2.45, 2.75) is 32.3 Å². The van der Waals surface area contributed by atoms with E-state index in [1.807, 2.05) is 25.9 Å². The number of aliphatic hydroxyl groups is 1. The molecule has 1 amide bonds. The molecule has 108 valence electrons. The molecular formula is C12H22N4O2S. The maximum Gasteiger partial charge on any atom is 0.265 e. The normalized spacial score (nSPS) is 14.4. The first-order valence-electron chi connectivity index (χ1n) is 6.32. The van der Waals surface area contributed by atoms with Gasteiger partial charge in [0.15, 0.2) is 0 Å². The number of amides is 1. The molecule has 0 aliphatic carbocycles. The largest absolute Gasteiger partial charge is 0.387 e. The molecule has 2 N–H and O–H groups in total. The standard InChI is InChI=1S/C12H22N4O2S/c1-5-6-9-10(19-15-14-9)11(17)13-7-12(2,18)8-16(3)4/h18H,5-8H2,1-4H3,(H,13,17). The summed E-state index contributed by atoms with van der Waals surface area (Å²) >= 11 is 1.10. The summed E-state index contributed by atoms with van der Waals surface area (Å²) < 4.78 is 3.81. The van der Waals surface area contributed by atoms with E-state index in [1.54, 1.807) is 6.92 Å². The Bertz CT molecular complexity index is 418. The summed E-state index contributed by atoms with van der Waals surface area (Å²) in [6, 6.07) is 0. The molecule has 19 heavy (non-hydrogen) atoms. The predicted molar refractivity (Wildman–Crippen MR) is 75.4 cm³/mol. The van der Waals surface area contributed by atoms with Gasteiger partial charge < -0.3 is 15.3 Å². The minimum atomic E-state index is -0.956. The molecule has 1 atom stereocenters. The second-order valence-electron chi connectivity index (χ2n) is 5.22. The first kappa shape index (κ1) is 16.0. The van der Waals surface area contributed by atoms with Crippen LogP contribution in [0, 0.1) is 0 Å². The van der Waals surface area contributed by atoms with Gasteiger partial charge in [-0.15, -0.1) is 5.10 Å². The topological polar surface area (TPSA) is 78.3 Å². The molecule has 0 aliphatic rings. The van der Waals surface area contributed by atoms with Gasteiger partial charge in [-0.1, -0.05) is 17.8 Å². The maximum atomic E-state index is 12.0. The third-order valence-electron chi connectivity index (χ3n) is 2.54. The number of carbonyl (C=O) groups excluding carboxylic acids is 1. The summed E-state index contributed by atoms with van der Waals surface area (Å²) in [4.78, 5) is 14.5. The van der Waals surface area contributed by atoms with E-state index in [2.05, 4.69) is 14.9 Å². The average molecular weight is 286 g/mol. The highest BCUT2D eigenvalue weighted by Gasteiger charge is 2.24. The summed E-state index contributed by atoms with van der Waals surface area (Å²) in [6.45, 7) is 4.41. The van der Waals surface area contributed by atoms with E-state index < -0.39 is 5.60 Å². The maximum absolute atomic E-state index is 12.0. The lowest BCUT2D eigenvalue weighted by Gasteiger charge is -2.26. The van der Waals surface area contributed by atoms with Crippen molar-refractivity contribution in [3.8, 4) is 0 Å². The van der Waals surface area contributed by atoms with Gasteiger partial charge >= 0.3 is 0 Å². The average Bonchev–Trinajstić information content (AvgIpc) is 2.73. The monoisotopic (exact) mass is 286 g/mol. The molecule has 0 saturated carbocycles. The number of nitrogens with zero attached hydrogens (tertiary/aromatic N) is 3. The molecule has 1 heterocycles. The highest BCUT2D eigenvalue weighted by molar-refractivity contribution is 7.08. The predicted octanol–water partition coefficient (Wildman–Crippen LogP) is 0.533. The molecule has 1 aromatic rings. The molecular weight excluding hydrogens is 264 g/mol. The third kappa shape index (κ3) is 5.22. The van der Waals surface area contributed by atoms with Crippen molar-refractivity contribution in [1.29, 1.82) is 0 Å². The molecule has 0 aliphatic heterocycles. The Morgan fingerprint density at radius 1 is 1.53 bits per heavy atom. The number of hydrogen-bond acceptors (Lipinski definition) is 6. The van der Waals surface area contributed by atoms with Gasteiger partial charge in [-0.05, 0) is 39.0 Å². The number of rotatable bonds is 7. The number of aromatic nitrogens is 2. The fraction of sp³-hybridized carbons (Fsp3) is 0.750. The zero-order valence-corrected chi connectivity index (χ0v) is 12.8. The van der Waals surface area contributed by atoms with Gasteiger partial charge in [-0.25, -0.2) is 0 Å². The summed E-state index contributed by atoms with van der Waals surface area (Å²) in [6.07, 6.45) is 1.66. The Balaban J connectivity index is 2.57. The number of aryl methyl sites for hydroxylation is 1. The van der Waals surface area contributed by atoms with E-state index in [1.165, 1.54) is 0 Å². The molecule has 0 aromatic carbocycles. The second-order valence-corrected chi connectivity index (χ2v) is 5.97. The van der Waals surface area contributed by atoms with Crippen LogP contribution in [0.1, 0.15) is 35.6 Å². The van der Waals surface area contributed by atoms with Crippen LogP contribution < -0.4 is 5.32 Å². The van der Waals surface area contributed by atoms with Crippen molar-refractivity contribution in [1.82, 2.24) is 19.8 Å². The molecule has 0 radical (unpaired) electrons. The van der Waals surface area contributed by atoms with Crippen molar-refractivity contribution >= 4 is 17.4 Å². The molecule has 1 rings (SSSR count). The van der Waals surface area contributed by atoms with E-state index in [9.17, 15) is 9.90 Å². The van der Waals surface area contributed by atoms with Gasteiger partial charge in [-0.3, -0.25) is 4.79 Å². The van der Waals surface area contributed by atoms with E-state index in [-0.39, 0.29) is 12.5 Å². The lowest BCUT2D eigenvalue weighted by molar-refractivity contribution is 0.0326. The summed E-state index contributed by atoms with van der Waals surface area (Å²) in [5.41, 5.74) is -0.223. The van der Waals surface area contributed by atoms with Crippen LogP contribution in [0.3, 0.4) is 0 Å². The van der Waals surface area contributed by atoms with E-state index >= 15 is 0 Å². The number of likely N-dealkylation sites (N-methyl/N-ethyl adjacent to an activating group) is 1. The van der Waals surface area contributed by atoms with Crippen molar-refractivity contribution in [3.63, 3.8) is 0 Å². The first-order chi connectivity index (χ1) is 8.85. The van der Waals surface area contributed by atoms with Gasteiger partial charge in [0.2, 0.25) is 0 Å². The molecule has 0 bridgehead atoms. The van der Waals surface area contributed by atoms with Gasteiger partial charge in [0.1, 0.15) is 4.88 Å². The molecule has 0 spiro atoms. The van der Waals surface area contributed by atoms with Gasteiger partial charge in [0, 0.05) is 13.1 Å². The zero-order chi connectivity index (χ0) is 14.5. The molecule has 7 heteroatoms. The Morgan fingerprint density at radius 3 is 2.79 bits per heavy atom. The molecule has 1 aromatic heterocycles. The van der Waals surface area contributed by atoms with Crippen LogP contribution in [0.15, 0.2) is 0 Å². The van der Waals surface area contributed by atoms with Crippen molar-refractivity contribution in [3.05, 3.63) is 10.6 Å². The van der Waals surface area contributed by atoms with Crippen molar-refractivity contribution < 1.29 is 9.90 Å². The number of nitrogens with one attached hydrogen (secondary N) is 1. The van der Waals surface area contributed by atoms with Gasteiger partial charge in [-0.2, -0.15) is 0 Å². The Kier molecular flexibility index (Phi) is 5.84. The van der Waals surface area contributed by atoms with E-state index in [0.717, 1.165) is 30.1 Å². The summed E-state index contributed by atoms with van der Waals surface area (Å²) in [5, 5.41) is 16.8. The summed E-state index contributed by atoms with van der Waals surface area (Å²) in [5.74, 6) is -0.211. The highest BCUT2D eigenvalue weighted by Crippen LogP contribution is 2.13. The smallest absolute Gasteiger partial charge is 0.265 e. The van der Waals surface area contributed by atoms with E-state index in [4.69, 9.17) is 0 Å².